The average molecular weight is 376 g/mol. The monoisotopic (exact) mass is 376 g/mol. The minimum Gasteiger partial charge on any atom is -1.00 e. The summed E-state index contributed by atoms with van der Waals surface area (Å²) in [6.07, 6.45) is 6.13. The fraction of sp³-hybridized carbons (Fsp3) is 0.0625. The van der Waals surface area contributed by atoms with Gasteiger partial charge in [-0.3, -0.25) is 0 Å². The molecule has 0 amide bonds. The largest absolute Gasteiger partial charge is 1.00 e. The second-order valence-corrected chi connectivity index (χ2v) is 4.73. The Balaban J connectivity index is 0.00000121. The number of rotatable bonds is 1. The smallest absolute Gasteiger partial charge is 0.248 e. The Labute approximate surface area is 133 Å². The maximum absolute atomic E-state index is 5.90. The van der Waals surface area contributed by atoms with Crippen molar-refractivity contribution in [2.45, 2.75) is 0 Å². The minimum atomic E-state index is 0. The van der Waals surface area contributed by atoms with Gasteiger partial charge in [0, 0.05) is 5.39 Å². The number of para-hydroxylation sites is 1. The van der Waals surface area contributed by atoms with Gasteiger partial charge in [0.05, 0.1) is 12.4 Å². The summed E-state index contributed by atoms with van der Waals surface area (Å²) < 4.78 is 10.0. The Morgan fingerprint density at radius 3 is 2.60 bits per heavy atom. The molecule has 0 fully saturated rings. The van der Waals surface area contributed by atoms with Crippen LogP contribution in [-0.2, 0) is 7.05 Å². The molecule has 2 aromatic carbocycles. The fourth-order valence-electron chi connectivity index (χ4n) is 2.56. The number of hydrogen-bond acceptors (Lipinski definition) is 1. The van der Waals surface area contributed by atoms with E-state index in [1.807, 2.05) is 48.1 Å². The van der Waals surface area contributed by atoms with Gasteiger partial charge in [0.1, 0.15) is 29.2 Å². The summed E-state index contributed by atoms with van der Waals surface area (Å²) in [4.78, 5) is 0. The van der Waals surface area contributed by atoms with Crippen LogP contribution in [-0.4, -0.2) is 4.57 Å². The van der Waals surface area contributed by atoms with Crippen molar-refractivity contribution in [1.82, 2.24) is 4.57 Å². The van der Waals surface area contributed by atoms with Gasteiger partial charge >= 0.3 is 0 Å². The maximum Gasteiger partial charge on any atom is 0.248 e. The molecule has 0 saturated heterocycles. The molecule has 4 heteroatoms. The molecule has 0 atom stereocenters. The quantitative estimate of drug-likeness (QED) is 0.344. The first-order chi connectivity index (χ1) is 9.33. The molecule has 20 heavy (non-hydrogen) atoms. The topological polar surface area (TPSA) is 21.9 Å². The van der Waals surface area contributed by atoms with E-state index in [4.69, 9.17) is 4.42 Å². The molecule has 100 valence electrons. The van der Waals surface area contributed by atoms with Crippen molar-refractivity contribution in [2.75, 3.05) is 0 Å². The number of aryl methyl sites for hydroxylation is 1. The van der Waals surface area contributed by atoms with Crippen LogP contribution < -0.4 is 28.5 Å². The van der Waals surface area contributed by atoms with Gasteiger partial charge in [0.15, 0.2) is 0 Å². The molecule has 2 heterocycles. The lowest BCUT2D eigenvalue weighted by Gasteiger charge is -1.97. The molecule has 0 unspecified atom stereocenters. The van der Waals surface area contributed by atoms with Crippen LogP contribution in [0.4, 0.5) is 0 Å². The number of imidazole rings is 1. The molecular formula is C16H13IN2O. The van der Waals surface area contributed by atoms with E-state index < -0.39 is 0 Å². The van der Waals surface area contributed by atoms with Gasteiger partial charge in [-0.2, -0.15) is 0 Å². The summed E-state index contributed by atoms with van der Waals surface area (Å²) in [6, 6.07) is 14.3. The lowest BCUT2D eigenvalue weighted by atomic mass is 10.1. The summed E-state index contributed by atoms with van der Waals surface area (Å²) in [7, 11) is 2.02. The van der Waals surface area contributed by atoms with Crippen LogP contribution in [0.25, 0.3) is 27.6 Å². The van der Waals surface area contributed by atoms with Crippen molar-refractivity contribution in [1.29, 1.82) is 0 Å². The number of benzene rings is 2. The van der Waals surface area contributed by atoms with E-state index in [1.165, 1.54) is 0 Å². The zero-order valence-electron chi connectivity index (χ0n) is 11.0. The van der Waals surface area contributed by atoms with Gasteiger partial charge in [-0.05, 0) is 18.2 Å². The van der Waals surface area contributed by atoms with Crippen LogP contribution in [0.1, 0.15) is 0 Å². The van der Waals surface area contributed by atoms with Gasteiger partial charge in [-0.15, -0.1) is 0 Å². The van der Waals surface area contributed by atoms with Gasteiger partial charge < -0.3 is 28.4 Å². The Kier molecular flexibility index (Phi) is 3.25. The van der Waals surface area contributed by atoms with E-state index in [-0.39, 0.29) is 24.0 Å². The SMILES string of the molecule is C[n+]1ccn(-c2cccc3oc4ccccc4c23)c1.[I-]. The average Bonchev–Trinajstić information content (AvgIpc) is 3.01. The number of aromatic nitrogens is 2. The molecular weight excluding hydrogens is 363 g/mol. The first-order valence-electron chi connectivity index (χ1n) is 6.27. The van der Waals surface area contributed by atoms with E-state index >= 15 is 0 Å². The molecule has 0 aliphatic rings. The van der Waals surface area contributed by atoms with Crippen molar-refractivity contribution < 1.29 is 33.0 Å². The lowest BCUT2D eigenvalue weighted by molar-refractivity contribution is -0.670. The summed E-state index contributed by atoms with van der Waals surface area (Å²) in [5.74, 6) is 0. The van der Waals surface area contributed by atoms with Crippen LogP contribution in [0.15, 0.2) is 65.6 Å². The molecule has 2 aromatic heterocycles. The predicted molar refractivity (Wildman–Crippen MR) is 74.2 cm³/mol. The highest BCUT2D eigenvalue weighted by molar-refractivity contribution is 6.09. The molecule has 0 N–H and O–H groups in total. The summed E-state index contributed by atoms with van der Waals surface area (Å²) in [5, 5.41) is 2.32. The molecule has 0 aliphatic carbocycles. The number of halogens is 1. The summed E-state index contributed by atoms with van der Waals surface area (Å²) in [5.41, 5.74) is 3.00. The maximum atomic E-state index is 5.90. The molecule has 0 aliphatic heterocycles. The number of furan rings is 1. The summed E-state index contributed by atoms with van der Waals surface area (Å²) in [6.45, 7) is 0. The molecule has 0 saturated carbocycles. The second-order valence-electron chi connectivity index (χ2n) is 4.73. The van der Waals surface area contributed by atoms with E-state index in [1.54, 1.807) is 0 Å². The molecule has 4 rings (SSSR count). The van der Waals surface area contributed by atoms with E-state index in [9.17, 15) is 0 Å². The van der Waals surface area contributed by atoms with E-state index in [0.29, 0.717) is 0 Å². The molecule has 4 aromatic rings. The molecule has 3 nitrogen and oxygen atoms in total. The molecule has 0 radical (unpaired) electrons. The number of hydrogen-bond donors (Lipinski definition) is 0. The Morgan fingerprint density at radius 2 is 1.80 bits per heavy atom. The van der Waals surface area contributed by atoms with Crippen molar-refractivity contribution in [3.05, 3.63) is 61.2 Å². The van der Waals surface area contributed by atoms with Gasteiger partial charge in [0.25, 0.3) is 0 Å². The van der Waals surface area contributed by atoms with Gasteiger partial charge in [0.2, 0.25) is 6.33 Å². The van der Waals surface area contributed by atoms with Crippen LogP contribution >= 0.6 is 0 Å². The van der Waals surface area contributed by atoms with Crippen LogP contribution in [0.3, 0.4) is 0 Å². The minimum absolute atomic E-state index is 0. The molecule has 0 spiro atoms. The van der Waals surface area contributed by atoms with Crippen molar-refractivity contribution in [2.24, 2.45) is 7.05 Å². The van der Waals surface area contributed by atoms with Gasteiger partial charge in [-0.25, -0.2) is 9.13 Å². The van der Waals surface area contributed by atoms with E-state index in [0.717, 1.165) is 27.6 Å². The van der Waals surface area contributed by atoms with Crippen molar-refractivity contribution >= 4 is 21.9 Å². The zero-order valence-corrected chi connectivity index (χ0v) is 13.1. The number of nitrogens with zero attached hydrogens (tertiary/aromatic N) is 2. The third-order valence-electron chi connectivity index (χ3n) is 3.43. The highest BCUT2D eigenvalue weighted by Gasteiger charge is 2.14. The second kappa shape index (κ2) is 4.94. The highest BCUT2D eigenvalue weighted by atomic mass is 127. The van der Waals surface area contributed by atoms with Crippen LogP contribution in [0, 0.1) is 0 Å². The Morgan fingerprint density at radius 1 is 1.00 bits per heavy atom. The predicted octanol–water partition coefficient (Wildman–Crippen LogP) is 0.205. The third kappa shape index (κ3) is 1.91. The first-order valence-corrected chi connectivity index (χ1v) is 6.27. The van der Waals surface area contributed by atoms with Crippen molar-refractivity contribution in [3.63, 3.8) is 0 Å². The number of fused-ring (bicyclic) bond motifs is 3. The van der Waals surface area contributed by atoms with Gasteiger partial charge in [-0.1, -0.05) is 24.3 Å². The van der Waals surface area contributed by atoms with Crippen LogP contribution in [0.2, 0.25) is 0 Å². The summed E-state index contributed by atoms with van der Waals surface area (Å²) >= 11 is 0. The Hall–Kier alpha value is -1.82. The standard InChI is InChI=1S/C16H13N2O.HI/c1-17-9-10-18(11-17)13-6-4-8-15-16(13)12-5-2-3-7-14(12)19-15;/h2-11H,1H3;1H/q+1;/p-1. The third-order valence-corrected chi connectivity index (χ3v) is 3.43. The fourth-order valence-corrected chi connectivity index (χ4v) is 2.56. The lowest BCUT2D eigenvalue weighted by Crippen LogP contribution is -3.00. The van der Waals surface area contributed by atoms with E-state index in [2.05, 4.69) is 29.2 Å². The van der Waals surface area contributed by atoms with Crippen LogP contribution in [0.5, 0.6) is 0 Å². The first kappa shape index (κ1) is 13.2. The zero-order chi connectivity index (χ0) is 12.8. The normalized spacial score (nSPS) is 10.8. The Bertz CT molecular complexity index is 892. The van der Waals surface area contributed by atoms with Crippen molar-refractivity contribution in [3.8, 4) is 5.69 Å². The highest BCUT2D eigenvalue weighted by Crippen LogP contribution is 2.32. The molecule has 0 bridgehead atoms.